The first-order valence-electron chi connectivity index (χ1n) is 9.84. The fourth-order valence-corrected chi connectivity index (χ4v) is 3.80. The highest BCUT2D eigenvalue weighted by Gasteiger charge is 2.21. The molecule has 3 aromatic carbocycles. The lowest BCUT2D eigenvalue weighted by molar-refractivity contribution is 0.102. The van der Waals surface area contributed by atoms with E-state index in [0.29, 0.717) is 22.7 Å². The molecule has 0 fully saturated rings. The second-order valence-electron chi connectivity index (χ2n) is 7.05. The van der Waals surface area contributed by atoms with Gasteiger partial charge in [-0.15, -0.1) is 0 Å². The van der Waals surface area contributed by atoms with Crippen LogP contribution in [0.15, 0.2) is 66.9 Å². The number of ether oxygens (including phenoxy) is 2. The van der Waals surface area contributed by atoms with Gasteiger partial charge in [-0.1, -0.05) is 47.5 Å². The molecule has 168 valence electrons. The fraction of sp³-hybridized carbons (Fsp3) is 0.0833. The molecule has 1 aromatic heterocycles. The van der Waals surface area contributed by atoms with Gasteiger partial charge in [-0.3, -0.25) is 4.79 Å². The normalized spacial score (nSPS) is 10.7. The van der Waals surface area contributed by atoms with Crippen molar-refractivity contribution in [2.45, 2.75) is 0 Å². The molecule has 1 heterocycles. The Labute approximate surface area is 200 Å². The van der Waals surface area contributed by atoms with Crippen molar-refractivity contribution in [3.05, 3.63) is 82.6 Å². The summed E-state index contributed by atoms with van der Waals surface area (Å²) >= 11 is 12.2. The van der Waals surface area contributed by atoms with Crippen LogP contribution in [-0.4, -0.2) is 29.9 Å². The molecule has 3 N–H and O–H groups in total. The number of benzene rings is 3. The molecule has 1 amide bonds. The number of amides is 1. The number of hydrogen-bond acceptors (Lipinski definition) is 5. The van der Waals surface area contributed by atoms with Crippen LogP contribution in [0.5, 0.6) is 11.5 Å². The molecule has 0 saturated heterocycles. The predicted octanol–water partition coefficient (Wildman–Crippen LogP) is 5.70. The first-order chi connectivity index (χ1) is 15.9. The Balaban J connectivity index is 1.79. The fourth-order valence-electron chi connectivity index (χ4n) is 3.32. The largest absolute Gasteiger partial charge is 0.493 e. The maximum atomic E-state index is 13.3. The highest BCUT2D eigenvalue weighted by atomic mass is 35.5. The van der Waals surface area contributed by atoms with Crippen LogP contribution in [-0.2, 0) is 0 Å². The van der Waals surface area contributed by atoms with E-state index < -0.39 is 5.91 Å². The van der Waals surface area contributed by atoms with E-state index in [1.54, 1.807) is 37.2 Å². The number of rotatable bonds is 6. The number of nitrogens with zero attached hydrogens (tertiary/aromatic N) is 2. The number of nitrogens with two attached hydrogens (primary N) is 1. The molecule has 4 rings (SSSR count). The van der Waals surface area contributed by atoms with Gasteiger partial charge in [0.25, 0.3) is 5.91 Å². The third-order valence-electron chi connectivity index (χ3n) is 4.98. The second-order valence-corrected chi connectivity index (χ2v) is 7.86. The highest BCUT2D eigenvalue weighted by Crippen LogP contribution is 2.35. The van der Waals surface area contributed by atoms with E-state index in [0.717, 1.165) is 11.3 Å². The smallest absolute Gasteiger partial charge is 0.276 e. The molecule has 0 saturated carbocycles. The number of aromatic nitrogens is 2. The minimum Gasteiger partial charge on any atom is -0.493 e. The Bertz CT molecular complexity index is 1300. The summed E-state index contributed by atoms with van der Waals surface area (Å²) in [5, 5.41) is 7.84. The number of carbonyl (C=O) groups excluding carboxylic acids is 1. The number of nitrogens with one attached hydrogen (secondary N) is 1. The van der Waals surface area contributed by atoms with Gasteiger partial charge in [0, 0.05) is 17.4 Å². The van der Waals surface area contributed by atoms with Gasteiger partial charge in [0.2, 0.25) is 0 Å². The number of para-hydroxylation sites is 1. The summed E-state index contributed by atoms with van der Waals surface area (Å²) in [4.78, 5) is 13.3. The Morgan fingerprint density at radius 2 is 1.64 bits per heavy atom. The number of anilines is 2. The molecule has 0 aliphatic carbocycles. The Morgan fingerprint density at radius 3 is 2.27 bits per heavy atom. The summed E-state index contributed by atoms with van der Waals surface area (Å²) in [6.07, 6.45) is 1.79. The summed E-state index contributed by atoms with van der Waals surface area (Å²) in [7, 11) is 3.12. The van der Waals surface area contributed by atoms with Gasteiger partial charge in [0.15, 0.2) is 17.2 Å². The van der Waals surface area contributed by atoms with Gasteiger partial charge in [-0.05, 0) is 42.0 Å². The average Bonchev–Trinajstić information content (AvgIpc) is 3.28. The third kappa shape index (κ3) is 4.60. The van der Waals surface area contributed by atoms with Crippen LogP contribution in [0.1, 0.15) is 10.5 Å². The van der Waals surface area contributed by atoms with Crippen molar-refractivity contribution in [2.75, 3.05) is 25.3 Å². The molecule has 0 radical (unpaired) electrons. The Kier molecular flexibility index (Phi) is 6.44. The van der Waals surface area contributed by atoms with E-state index in [2.05, 4.69) is 10.4 Å². The summed E-state index contributed by atoms with van der Waals surface area (Å²) in [5.41, 5.74) is 8.78. The molecule has 9 heteroatoms. The number of halogens is 2. The number of carbonyl (C=O) groups is 1. The van der Waals surface area contributed by atoms with Crippen molar-refractivity contribution in [3.8, 4) is 28.3 Å². The molecular weight excluding hydrogens is 463 g/mol. The highest BCUT2D eigenvalue weighted by molar-refractivity contribution is 6.39. The van der Waals surface area contributed by atoms with Crippen molar-refractivity contribution in [2.24, 2.45) is 0 Å². The minimum absolute atomic E-state index is 0.204. The second kappa shape index (κ2) is 9.44. The predicted molar refractivity (Wildman–Crippen MR) is 131 cm³/mol. The van der Waals surface area contributed by atoms with Crippen LogP contribution in [0.3, 0.4) is 0 Å². The van der Waals surface area contributed by atoms with Crippen LogP contribution >= 0.6 is 23.2 Å². The zero-order valence-electron chi connectivity index (χ0n) is 17.8. The molecule has 0 atom stereocenters. The molecule has 4 aromatic rings. The van der Waals surface area contributed by atoms with Gasteiger partial charge in [-0.2, -0.15) is 5.10 Å². The topological polar surface area (TPSA) is 91.4 Å². The van der Waals surface area contributed by atoms with Gasteiger partial charge in [0.1, 0.15) is 0 Å². The zero-order valence-corrected chi connectivity index (χ0v) is 19.3. The molecule has 0 unspecified atom stereocenters. The maximum Gasteiger partial charge on any atom is 0.276 e. The minimum atomic E-state index is -0.439. The molecule has 7 nitrogen and oxygen atoms in total. The lowest BCUT2D eigenvalue weighted by Crippen LogP contribution is -2.14. The molecule has 0 aliphatic heterocycles. The quantitative estimate of drug-likeness (QED) is 0.344. The average molecular weight is 483 g/mol. The van der Waals surface area contributed by atoms with E-state index in [-0.39, 0.29) is 21.4 Å². The number of hydrogen-bond donors (Lipinski definition) is 2. The van der Waals surface area contributed by atoms with Gasteiger partial charge in [-0.25, -0.2) is 4.68 Å². The van der Waals surface area contributed by atoms with Gasteiger partial charge in [0.05, 0.1) is 35.6 Å². The van der Waals surface area contributed by atoms with E-state index in [9.17, 15) is 4.79 Å². The molecule has 33 heavy (non-hydrogen) atoms. The van der Waals surface area contributed by atoms with Crippen LogP contribution in [0.4, 0.5) is 11.4 Å². The first-order valence-corrected chi connectivity index (χ1v) is 10.6. The summed E-state index contributed by atoms with van der Waals surface area (Å²) < 4.78 is 12.4. The van der Waals surface area contributed by atoms with E-state index in [1.165, 1.54) is 12.1 Å². The number of methoxy groups -OCH3 is 2. The van der Waals surface area contributed by atoms with Crippen molar-refractivity contribution < 1.29 is 14.3 Å². The van der Waals surface area contributed by atoms with Gasteiger partial charge >= 0.3 is 0 Å². The summed E-state index contributed by atoms with van der Waals surface area (Å²) in [6.45, 7) is 0. The molecule has 0 aliphatic rings. The van der Waals surface area contributed by atoms with E-state index >= 15 is 0 Å². The summed E-state index contributed by atoms with van der Waals surface area (Å²) in [5.74, 6) is 0.672. The molecule has 0 bridgehead atoms. The van der Waals surface area contributed by atoms with Crippen molar-refractivity contribution in [3.63, 3.8) is 0 Å². The van der Waals surface area contributed by atoms with Crippen LogP contribution in [0, 0.1) is 0 Å². The monoisotopic (exact) mass is 482 g/mol. The van der Waals surface area contributed by atoms with Gasteiger partial charge < -0.3 is 20.5 Å². The lowest BCUT2D eigenvalue weighted by Gasteiger charge is -2.10. The third-order valence-corrected chi connectivity index (χ3v) is 5.61. The van der Waals surface area contributed by atoms with Crippen LogP contribution in [0.25, 0.3) is 16.8 Å². The zero-order chi connectivity index (χ0) is 23.5. The standard InChI is InChI=1S/C24H20Cl2N4O3/c1-32-20-9-8-14(10-21(20)33-2)17-13-30(16-6-4-3-5-7-16)29-23(17)24(31)28-15-11-18(25)22(27)19(26)12-15/h3-13H,27H2,1-2H3,(H,28,31). The van der Waals surface area contributed by atoms with E-state index in [1.807, 2.05) is 36.4 Å². The van der Waals surface area contributed by atoms with Crippen LogP contribution in [0.2, 0.25) is 10.0 Å². The van der Waals surface area contributed by atoms with Crippen LogP contribution < -0.4 is 20.5 Å². The number of nitrogen functional groups attached to an aromatic ring is 1. The summed E-state index contributed by atoms with van der Waals surface area (Å²) in [6, 6.07) is 17.9. The first kappa shape index (κ1) is 22.5. The van der Waals surface area contributed by atoms with Crippen molar-refractivity contribution in [1.82, 2.24) is 9.78 Å². The SMILES string of the molecule is COc1ccc(-c2cn(-c3ccccc3)nc2C(=O)Nc2cc(Cl)c(N)c(Cl)c2)cc1OC. The molecular formula is C24H20Cl2N4O3. The van der Waals surface area contributed by atoms with Crippen molar-refractivity contribution >= 4 is 40.5 Å². The Morgan fingerprint density at radius 1 is 0.970 bits per heavy atom. The Hall–Kier alpha value is -3.68. The van der Waals surface area contributed by atoms with Crippen molar-refractivity contribution in [1.29, 1.82) is 0 Å². The molecule has 0 spiro atoms. The van der Waals surface area contributed by atoms with E-state index in [4.69, 9.17) is 38.4 Å². The maximum absolute atomic E-state index is 13.3. The lowest BCUT2D eigenvalue weighted by atomic mass is 10.1.